The molecule has 0 saturated heterocycles. The van der Waals surface area contributed by atoms with Gasteiger partial charge in [0.15, 0.2) is 6.61 Å². The van der Waals surface area contributed by atoms with E-state index in [9.17, 15) is 18.0 Å². The third-order valence-electron chi connectivity index (χ3n) is 5.28. The molecule has 3 rings (SSSR count). The molecule has 1 aliphatic rings. The zero-order valence-electron chi connectivity index (χ0n) is 17.4. The summed E-state index contributed by atoms with van der Waals surface area (Å²) in [6, 6.07) is 13.4. The summed E-state index contributed by atoms with van der Waals surface area (Å²) in [5, 5.41) is 0. The molecule has 7 nitrogen and oxygen atoms in total. The lowest BCUT2D eigenvalue weighted by Crippen LogP contribution is -2.38. The molecule has 30 heavy (non-hydrogen) atoms. The maximum Gasteiger partial charge on any atom is 0.338 e. The van der Waals surface area contributed by atoms with Crippen LogP contribution in [0.25, 0.3) is 0 Å². The van der Waals surface area contributed by atoms with Gasteiger partial charge in [-0.2, -0.15) is 4.31 Å². The summed E-state index contributed by atoms with van der Waals surface area (Å²) in [4.78, 5) is 26.6. The van der Waals surface area contributed by atoms with Crippen molar-refractivity contribution in [3.05, 3.63) is 65.2 Å². The predicted octanol–water partition coefficient (Wildman–Crippen LogP) is 2.46. The van der Waals surface area contributed by atoms with Crippen molar-refractivity contribution in [3.63, 3.8) is 0 Å². The Hall–Kier alpha value is -2.71. The lowest BCUT2D eigenvalue weighted by molar-refractivity contribution is -0.135. The van der Waals surface area contributed by atoms with Gasteiger partial charge < -0.3 is 9.64 Å². The predicted molar refractivity (Wildman–Crippen MR) is 112 cm³/mol. The van der Waals surface area contributed by atoms with E-state index in [-0.39, 0.29) is 29.0 Å². The highest BCUT2D eigenvalue weighted by Gasteiger charge is 2.25. The van der Waals surface area contributed by atoms with E-state index in [2.05, 4.69) is 6.07 Å². The Kier molecular flexibility index (Phi) is 6.58. The normalized spacial score (nSPS) is 14.0. The lowest BCUT2D eigenvalue weighted by Gasteiger charge is -2.28. The molecule has 0 aromatic heterocycles. The number of sulfonamides is 1. The fourth-order valence-electron chi connectivity index (χ4n) is 3.24. The van der Waals surface area contributed by atoms with Crippen molar-refractivity contribution >= 4 is 21.9 Å². The maximum atomic E-state index is 12.6. The zero-order valence-corrected chi connectivity index (χ0v) is 18.2. The number of amides is 1. The molecule has 0 fully saturated rings. The summed E-state index contributed by atoms with van der Waals surface area (Å²) in [5.74, 6) is -1.01. The van der Waals surface area contributed by atoms with Crippen LogP contribution in [-0.2, 0) is 32.5 Å². The lowest BCUT2D eigenvalue weighted by atomic mass is 10.00. The minimum atomic E-state index is -3.72. The van der Waals surface area contributed by atoms with E-state index in [1.165, 1.54) is 41.2 Å². The number of ether oxygens (including phenoxy) is 1. The first kappa shape index (κ1) is 22.0. The number of carbonyl (C=O) groups excluding carboxylic acids is 2. The first-order chi connectivity index (χ1) is 14.2. The second-order valence-electron chi connectivity index (χ2n) is 7.55. The average Bonchev–Trinajstić information content (AvgIpc) is 2.76. The van der Waals surface area contributed by atoms with Gasteiger partial charge in [0.05, 0.1) is 10.5 Å². The summed E-state index contributed by atoms with van der Waals surface area (Å²) in [6.07, 6.45) is 0.763. The molecule has 0 bridgehead atoms. The molecule has 2 aromatic carbocycles. The Labute approximate surface area is 177 Å². The monoisotopic (exact) mass is 430 g/mol. The molecule has 0 saturated carbocycles. The van der Waals surface area contributed by atoms with Crippen molar-refractivity contribution in [3.8, 4) is 0 Å². The van der Waals surface area contributed by atoms with E-state index < -0.39 is 16.0 Å². The van der Waals surface area contributed by atoms with E-state index in [1.807, 2.05) is 18.2 Å². The van der Waals surface area contributed by atoms with Gasteiger partial charge >= 0.3 is 5.97 Å². The van der Waals surface area contributed by atoms with Crippen LogP contribution in [0.2, 0.25) is 0 Å². The van der Waals surface area contributed by atoms with Crippen molar-refractivity contribution in [2.45, 2.75) is 37.8 Å². The molecule has 1 amide bonds. The number of hydrogen-bond acceptors (Lipinski definition) is 5. The molecule has 0 aliphatic carbocycles. The van der Waals surface area contributed by atoms with Crippen molar-refractivity contribution in [1.82, 2.24) is 9.21 Å². The van der Waals surface area contributed by atoms with E-state index in [0.717, 1.165) is 12.0 Å². The number of hydrogen-bond donors (Lipinski definition) is 0. The molecule has 0 atom stereocenters. The van der Waals surface area contributed by atoms with Crippen molar-refractivity contribution < 1.29 is 22.7 Å². The number of benzene rings is 2. The average molecular weight is 431 g/mol. The molecular formula is C22H26N2O5S. The fourth-order valence-corrected chi connectivity index (χ4v) is 4.65. The molecule has 0 radical (unpaired) electrons. The van der Waals surface area contributed by atoms with Crippen molar-refractivity contribution in [2.24, 2.45) is 0 Å². The summed E-state index contributed by atoms with van der Waals surface area (Å²) in [5.41, 5.74) is 2.41. The highest BCUT2D eigenvalue weighted by atomic mass is 32.2. The first-order valence-electron chi connectivity index (χ1n) is 9.80. The van der Waals surface area contributed by atoms with Crippen molar-refractivity contribution in [1.29, 1.82) is 0 Å². The standard InChI is InChI=1S/C22H26N2O5S/c1-16(2)23(3)30(27,28)20-10-6-9-18(13-20)22(26)29-15-21(25)24-12-11-17-7-4-5-8-19(17)14-24/h4-10,13,16H,11-12,14-15H2,1-3H3. The molecule has 1 aliphatic heterocycles. The van der Waals surface area contributed by atoms with Gasteiger partial charge in [0, 0.05) is 26.2 Å². The SMILES string of the molecule is CC(C)N(C)S(=O)(=O)c1cccc(C(=O)OCC(=O)N2CCc3ccccc3C2)c1. The van der Waals surface area contributed by atoms with Crippen LogP contribution in [0.3, 0.4) is 0 Å². The zero-order chi connectivity index (χ0) is 21.9. The molecule has 0 N–H and O–H groups in total. The molecule has 2 aromatic rings. The highest BCUT2D eigenvalue weighted by molar-refractivity contribution is 7.89. The van der Waals surface area contributed by atoms with Crippen molar-refractivity contribution in [2.75, 3.05) is 20.2 Å². The molecule has 0 unspecified atom stereocenters. The molecule has 0 spiro atoms. The first-order valence-corrected chi connectivity index (χ1v) is 11.2. The van der Waals surface area contributed by atoms with E-state index in [4.69, 9.17) is 4.74 Å². The van der Waals surface area contributed by atoms with Gasteiger partial charge in [-0.25, -0.2) is 13.2 Å². The van der Waals surface area contributed by atoms with Gasteiger partial charge in [-0.1, -0.05) is 30.3 Å². The van der Waals surface area contributed by atoms with Crippen LogP contribution in [0.1, 0.15) is 35.3 Å². The second kappa shape index (κ2) is 8.97. The fraction of sp³-hybridized carbons (Fsp3) is 0.364. The molecule has 8 heteroatoms. The Bertz CT molecular complexity index is 1050. The Morgan fingerprint density at radius 2 is 1.80 bits per heavy atom. The largest absolute Gasteiger partial charge is 0.452 e. The van der Waals surface area contributed by atoms with Gasteiger partial charge in [-0.3, -0.25) is 4.79 Å². The summed E-state index contributed by atoms with van der Waals surface area (Å²) < 4.78 is 31.7. The van der Waals surface area contributed by atoms with E-state index in [0.29, 0.717) is 13.1 Å². The van der Waals surface area contributed by atoms with Gasteiger partial charge in [-0.05, 0) is 49.6 Å². The second-order valence-corrected chi connectivity index (χ2v) is 9.55. The Morgan fingerprint density at radius 3 is 2.50 bits per heavy atom. The molecule has 160 valence electrons. The van der Waals surface area contributed by atoms with Gasteiger partial charge in [-0.15, -0.1) is 0 Å². The number of nitrogens with zero attached hydrogens (tertiary/aromatic N) is 2. The van der Waals surface area contributed by atoms with Gasteiger partial charge in [0.25, 0.3) is 5.91 Å². The van der Waals surface area contributed by atoms with Crippen LogP contribution in [0, 0.1) is 0 Å². The Balaban J connectivity index is 1.64. The smallest absolute Gasteiger partial charge is 0.338 e. The maximum absolute atomic E-state index is 12.6. The minimum absolute atomic E-state index is 0.00659. The van der Waals surface area contributed by atoms with Crippen LogP contribution in [-0.4, -0.2) is 55.7 Å². The van der Waals surface area contributed by atoms with Gasteiger partial charge in [0.1, 0.15) is 0 Å². The molecule has 1 heterocycles. The number of fused-ring (bicyclic) bond motifs is 1. The number of carbonyl (C=O) groups is 2. The summed E-state index contributed by atoms with van der Waals surface area (Å²) >= 11 is 0. The van der Waals surface area contributed by atoms with E-state index >= 15 is 0 Å². The molecular weight excluding hydrogens is 404 g/mol. The van der Waals surface area contributed by atoms with Crippen LogP contribution in [0.5, 0.6) is 0 Å². The van der Waals surface area contributed by atoms with Crippen LogP contribution in [0.15, 0.2) is 53.4 Å². The Morgan fingerprint density at radius 1 is 1.10 bits per heavy atom. The van der Waals surface area contributed by atoms with Crippen LogP contribution < -0.4 is 0 Å². The van der Waals surface area contributed by atoms with Crippen LogP contribution >= 0.6 is 0 Å². The highest BCUT2D eigenvalue weighted by Crippen LogP contribution is 2.20. The van der Waals surface area contributed by atoms with Gasteiger partial charge in [0.2, 0.25) is 10.0 Å². The topological polar surface area (TPSA) is 84.0 Å². The summed E-state index contributed by atoms with van der Waals surface area (Å²) in [7, 11) is -2.23. The number of esters is 1. The minimum Gasteiger partial charge on any atom is -0.452 e. The van der Waals surface area contributed by atoms with Crippen LogP contribution in [0.4, 0.5) is 0 Å². The summed E-state index contributed by atoms with van der Waals surface area (Å²) in [6.45, 7) is 4.20. The quantitative estimate of drug-likeness (QED) is 0.658. The third-order valence-corrected chi connectivity index (χ3v) is 7.31. The third kappa shape index (κ3) is 4.71. The van der Waals surface area contributed by atoms with E-state index in [1.54, 1.807) is 18.7 Å². The number of rotatable bonds is 6.